The van der Waals surface area contributed by atoms with E-state index >= 15 is 0 Å². The van der Waals surface area contributed by atoms with Gasteiger partial charge in [0.2, 0.25) is 10.0 Å². The lowest BCUT2D eigenvalue weighted by Gasteiger charge is -2.05. The number of aliphatic hydroxyl groups excluding tert-OH is 1. The first-order valence-electron chi connectivity index (χ1n) is 3.72. The van der Waals surface area contributed by atoms with Gasteiger partial charge in [-0.25, -0.2) is 13.6 Å². The number of sulfonamides is 1. The largest absolute Gasteiger partial charge is 0.389 e. The summed E-state index contributed by atoms with van der Waals surface area (Å²) in [6, 6.07) is 5.93. The van der Waals surface area contributed by atoms with Gasteiger partial charge in [0.1, 0.15) is 0 Å². The summed E-state index contributed by atoms with van der Waals surface area (Å²) in [4.78, 5) is 0.0194. The third-order valence-corrected chi connectivity index (χ3v) is 2.58. The molecule has 0 aliphatic rings. The molecule has 3 N–H and O–H groups in total. The van der Waals surface area contributed by atoms with Gasteiger partial charge in [-0.15, -0.1) is 0 Å². The smallest absolute Gasteiger partial charge is 0.238 e. The molecule has 1 aromatic carbocycles. The fourth-order valence-electron chi connectivity index (χ4n) is 0.951. The maximum absolute atomic E-state index is 10.9. The third kappa shape index (κ3) is 2.51. The molecule has 72 valence electrons. The van der Waals surface area contributed by atoms with Crippen molar-refractivity contribution in [3.63, 3.8) is 0 Å². The van der Waals surface area contributed by atoms with Crippen LogP contribution in [0.15, 0.2) is 29.2 Å². The predicted molar refractivity (Wildman–Crippen MR) is 48.4 cm³/mol. The number of benzene rings is 1. The quantitative estimate of drug-likeness (QED) is 0.726. The van der Waals surface area contributed by atoms with Gasteiger partial charge in [0.05, 0.1) is 11.0 Å². The van der Waals surface area contributed by atoms with E-state index in [-0.39, 0.29) is 4.90 Å². The molecule has 0 aliphatic heterocycles. The Kier molecular flexibility index (Phi) is 2.70. The molecule has 1 atom stereocenters. The van der Waals surface area contributed by atoms with E-state index in [1.54, 1.807) is 19.1 Å². The van der Waals surface area contributed by atoms with E-state index in [1.165, 1.54) is 12.1 Å². The average molecular weight is 201 g/mol. The van der Waals surface area contributed by atoms with Crippen molar-refractivity contribution in [3.8, 4) is 0 Å². The van der Waals surface area contributed by atoms with Crippen LogP contribution < -0.4 is 5.14 Å². The molecule has 4 nitrogen and oxygen atoms in total. The van der Waals surface area contributed by atoms with Gasteiger partial charge in [-0.3, -0.25) is 0 Å². The Morgan fingerprint density at radius 3 is 2.54 bits per heavy atom. The van der Waals surface area contributed by atoms with Crippen LogP contribution in [0, 0.1) is 0 Å². The van der Waals surface area contributed by atoms with E-state index in [2.05, 4.69) is 0 Å². The number of nitrogens with two attached hydrogens (primary N) is 1. The minimum absolute atomic E-state index is 0.0194. The van der Waals surface area contributed by atoms with Gasteiger partial charge in [-0.2, -0.15) is 0 Å². The number of hydrogen-bond acceptors (Lipinski definition) is 3. The topological polar surface area (TPSA) is 80.4 Å². The van der Waals surface area contributed by atoms with E-state index in [0.29, 0.717) is 5.56 Å². The zero-order valence-electron chi connectivity index (χ0n) is 7.14. The summed E-state index contributed by atoms with van der Waals surface area (Å²) in [6.07, 6.45) is -0.693. The zero-order valence-corrected chi connectivity index (χ0v) is 7.95. The molecule has 0 amide bonds. The normalized spacial score (nSPS) is 14.1. The first-order chi connectivity index (χ1) is 5.91. The Labute approximate surface area is 77.1 Å². The number of hydrogen-bond donors (Lipinski definition) is 2. The van der Waals surface area contributed by atoms with E-state index in [9.17, 15) is 13.5 Å². The van der Waals surface area contributed by atoms with Gasteiger partial charge in [-0.05, 0) is 24.6 Å². The van der Waals surface area contributed by atoms with Crippen LogP contribution in [-0.4, -0.2) is 13.5 Å². The monoisotopic (exact) mass is 201 g/mol. The van der Waals surface area contributed by atoms with Crippen LogP contribution in [0.2, 0.25) is 0 Å². The Morgan fingerprint density at radius 1 is 1.46 bits per heavy atom. The summed E-state index contributed by atoms with van der Waals surface area (Å²) in [5, 5.41) is 14.1. The molecule has 0 aromatic heterocycles. The summed E-state index contributed by atoms with van der Waals surface area (Å²) in [7, 11) is -3.67. The second-order valence-electron chi connectivity index (χ2n) is 2.79. The molecule has 0 bridgehead atoms. The fraction of sp³-hybridized carbons (Fsp3) is 0.250. The maximum atomic E-state index is 10.9. The van der Waals surface area contributed by atoms with E-state index in [1.807, 2.05) is 0 Å². The minimum Gasteiger partial charge on any atom is -0.389 e. The lowest BCUT2D eigenvalue weighted by molar-refractivity contribution is 0.199. The first kappa shape index (κ1) is 10.2. The van der Waals surface area contributed by atoms with Gasteiger partial charge >= 0.3 is 0 Å². The third-order valence-electron chi connectivity index (χ3n) is 1.67. The molecule has 0 radical (unpaired) electrons. The molecule has 0 aliphatic carbocycles. The summed E-state index contributed by atoms with van der Waals surface area (Å²) in [5.74, 6) is 0. The highest BCUT2D eigenvalue weighted by molar-refractivity contribution is 7.89. The molecule has 13 heavy (non-hydrogen) atoms. The van der Waals surface area contributed by atoms with Crippen LogP contribution in [0.3, 0.4) is 0 Å². The number of aliphatic hydroxyl groups is 1. The van der Waals surface area contributed by atoms with Gasteiger partial charge < -0.3 is 5.11 Å². The second kappa shape index (κ2) is 3.45. The van der Waals surface area contributed by atoms with Crippen molar-refractivity contribution in [2.75, 3.05) is 0 Å². The van der Waals surface area contributed by atoms with Gasteiger partial charge in [0.25, 0.3) is 0 Å². The molecule has 1 rings (SSSR count). The van der Waals surface area contributed by atoms with Crippen LogP contribution in [0.25, 0.3) is 0 Å². The van der Waals surface area contributed by atoms with E-state index in [4.69, 9.17) is 5.14 Å². The van der Waals surface area contributed by atoms with Crippen LogP contribution >= 0.6 is 0 Å². The molecular weight excluding hydrogens is 190 g/mol. The van der Waals surface area contributed by atoms with E-state index < -0.39 is 16.1 Å². The lowest BCUT2D eigenvalue weighted by Crippen LogP contribution is -2.12. The Bertz CT molecular complexity index is 398. The van der Waals surface area contributed by atoms with Crippen molar-refractivity contribution in [1.29, 1.82) is 0 Å². The fourth-order valence-corrected chi connectivity index (χ4v) is 1.52. The van der Waals surface area contributed by atoms with E-state index in [0.717, 1.165) is 0 Å². The standard InChI is InChI=1S/C8H11NO3S/c1-6(10)7-3-2-4-8(5-7)13(9,11)12/h2-6,10H,1H3,(H2,9,11,12). The molecule has 0 saturated heterocycles. The van der Waals surface area contributed by atoms with Gasteiger partial charge in [0, 0.05) is 0 Å². The Hall–Kier alpha value is -0.910. The molecule has 1 aromatic rings. The molecule has 0 heterocycles. The second-order valence-corrected chi connectivity index (χ2v) is 4.35. The number of primary sulfonamides is 1. The highest BCUT2D eigenvalue weighted by atomic mass is 32.2. The molecule has 1 unspecified atom stereocenters. The van der Waals surface area contributed by atoms with Crippen molar-refractivity contribution in [2.45, 2.75) is 17.9 Å². The zero-order chi connectivity index (χ0) is 10.1. The average Bonchev–Trinajstić information content (AvgIpc) is 2.03. The van der Waals surface area contributed by atoms with Crippen LogP contribution in [0.1, 0.15) is 18.6 Å². The Balaban J connectivity index is 3.21. The summed E-state index contributed by atoms with van der Waals surface area (Å²) in [5.41, 5.74) is 0.534. The minimum atomic E-state index is -3.67. The summed E-state index contributed by atoms with van der Waals surface area (Å²) in [6.45, 7) is 1.56. The van der Waals surface area contributed by atoms with Crippen LogP contribution in [0.5, 0.6) is 0 Å². The van der Waals surface area contributed by atoms with Crippen molar-refractivity contribution >= 4 is 10.0 Å². The van der Waals surface area contributed by atoms with Crippen molar-refractivity contribution < 1.29 is 13.5 Å². The maximum Gasteiger partial charge on any atom is 0.238 e. The van der Waals surface area contributed by atoms with Crippen LogP contribution in [-0.2, 0) is 10.0 Å². The Morgan fingerprint density at radius 2 is 2.08 bits per heavy atom. The highest BCUT2D eigenvalue weighted by Gasteiger charge is 2.09. The molecule has 0 saturated carbocycles. The molecule has 0 fully saturated rings. The summed E-state index contributed by atoms with van der Waals surface area (Å²) < 4.78 is 21.8. The van der Waals surface area contributed by atoms with Crippen molar-refractivity contribution in [2.24, 2.45) is 5.14 Å². The molecule has 0 spiro atoms. The summed E-state index contributed by atoms with van der Waals surface area (Å²) >= 11 is 0. The van der Waals surface area contributed by atoms with Crippen LogP contribution in [0.4, 0.5) is 0 Å². The molecule has 5 heteroatoms. The van der Waals surface area contributed by atoms with Crippen molar-refractivity contribution in [1.82, 2.24) is 0 Å². The first-order valence-corrected chi connectivity index (χ1v) is 5.27. The SMILES string of the molecule is CC(O)c1cccc(S(N)(=O)=O)c1. The molecular formula is C8H11NO3S. The number of rotatable bonds is 2. The van der Waals surface area contributed by atoms with Gasteiger partial charge in [0.15, 0.2) is 0 Å². The lowest BCUT2D eigenvalue weighted by atomic mass is 10.1. The van der Waals surface area contributed by atoms with Gasteiger partial charge in [-0.1, -0.05) is 12.1 Å². The predicted octanol–water partition coefficient (Wildman–Crippen LogP) is 0.387. The highest BCUT2D eigenvalue weighted by Crippen LogP contribution is 2.15. The van der Waals surface area contributed by atoms with Crippen molar-refractivity contribution in [3.05, 3.63) is 29.8 Å².